The third kappa shape index (κ3) is 8.30. The van der Waals surface area contributed by atoms with E-state index in [0.29, 0.717) is 13.1 Å². The number of esters is 1. The highest BCUT2D eigenvalue weighted by Gasteiger charge is 2.33. The van der Waals surface area contributed by atoms with Crippen LogP contribution >= 0.6 is 0 Å². The Labute approximate surface area is 217 Å². The topological polar surface area (TPSA) is 117 Å². The molecule has 0 bridgehead atoms. The third-order valence-corrected chi connectivity index (χ3v) is 5.58. The van der Waals surface area contributed by atoms with Gasteiger partial charge in [-0.05, 0) is 42.3 Å². The van der Waals surface area contributed by atoms with Crippen LogP contribution in [0.15, 0.2) is 48.5 Å². The molecule has 1 atom stereocenters. The SMILES string of the molecule is CC(C)COC(=O)CC1C(=O)NCCN1CC(=O)Nc1cccc(C(=O)Nc2cccc(C(F)(F)F)c2)c1. The second-order valence-corrected chi connectivity index (χ2v) is 9.22. The largest absolute Gasteiger partial charge is 0.465 e. The molecule has 2 aromatic carbocycles. The number of ether oxygens (including phenoxy) is 1. The molecule has 1 fully saturated rings. The number of nitrogens with one attached hydrogen (secondary N) is 3. The van der Waals surface area contributed by atoms with Gasteiger partial charge < -0.3 is 20.7 Å². The molecule has 0 radical (unpaired) electrons. The Morgan fingerprint density at radius 3 is 2.45 bits per heavy atom. The zero-order valence-electron chi connectivity index (χ0n) is 20.9. The highest BCUT2D eigenvalue weighted by molar-refractivity contribution is 6.05. The van der Waals surface area contributed by atoms with Crippen LogP contribution in [0.4, 0.5) is 24.5 Å². The maximum atomic E-state index is 12.9. The van der Waals surface area contributed by atoms with Crippen molar-refractivity contribution in [2.75, 3.05) is 36.9 Å². The fraction of sp³-hybridized carbons (Fsp3) is 0.385. The van der Waals surface area contributed by atoms with Gasteiger partial charge in [0.15, 0.2) is 0 Å². The fourth-order valence-electron chi connectivity index (χ4n) is 3.75. The third-order valence-electron chi connectivity index (χ3n) is 5.58. The van der Waals surface area contributed by atoms with Crippen molar-refractivity contribution in [3.63, 3.8) is 0 Å². The highest BCUT2D eigenvalue weighted by atomic mass is 19.4. The number of carbonyl (C=O) groups is 4. The van der Waals surface area contributed by atoms with Crippen LogP contribution in [-0.4, -0.2) is 60.9 Å². The molecule has 1 heterocycles. The van der Waals surface area contributed by atoms with E-state index in [1.54, 1.807) is 11.0 Å². The second kappa shape index (κ2) is 12.5. The molecule has 204 valence electrons. The normalized spacial score (nSPS) is 16.1. The van der Waals surface area contributed by atoms with E-state index >= 15 is 0 Å². The summed E-state index contributed by atoms with van der Waals surface area (Å²) in [5.41, 5.74) is -0.529. The van der Waals surface area contributed by atoms with Crippen LogP contribution in [0, 0.1) is 5.92 Å². The van der Waals surface area contributed by atoms with Crippen molar-refractivity contribution in [2.45, 2.75) is 32.5 Å². The summed E-state index contributed by atoms with van der Waals surface area (Å²) >= 11 is 0. The van der Waals surface area contributed by atoms with Crippen LogP contribution in [0.2, 0.25) is 0 Å². The molecule has 0 aliphatic carbocycles. The van der Waals surface area contributed by atoms with Gasteiger partial charge in [0.1, 0.15) is 6.04 Å². The van der Waals surface area contributed by atoms with E-state index in [0.717, 1.165) is 12.1 Å². The zero-order valence-corrected chi connectivity index (χ0v) is 20.9. The van der Waals surface area contributed by atoms with Gasteiger partial charge in [0.2, 0.25) is 11.8 Å². The Hall–Kier alpha value is -3.93. The van der Waals surface area contributed by atoms with E-state index in [-0.39, 0.29) is 48.3 Å². The van der Waals surface area contributed by atoms with Crippen molar-refractivity contribution in [1.82, 2.24) is 10.2 Å². The van der Waals surface area contributed by atoms with Gasteiger partial charge in [-0.1, -0.05) is 26.0 Å². The van der Waals surface area contributed by atoms with Gasteiger partial charge in [-0.2, -0.15) is 13.2 Å². The van der Waals surface area contributed by atoms with Gasteiger partial charge in [0.05, 0.1) is 25.1 Å². The summed E-state index contributed by atoms with van der Waals surface area (Å²) in [6, 6.07) is 9.27. The van der Waals surface area contributed by atoms with Gasteiger partial charge in [-0.15, -0.1) is 0 Å². The Morgan fingerprint density at radius 1 is 1.08 bits per heavy atom. The lowest BCUT2D eigenvalue weighted by atomic mass is 10.1. The summed E-state index contributed by atoms with van der Waals surface area (Å²) < 4.78 is 44.0. The van der Waals surface area contributed by atoms with Gasteiger partial charge in [0, 0.05) is 30.0 Å². The summed E-state index contributed by atoms with van der Waals surface area (Å²) in [4.78, 5) is 51.4. The van der Waals surface area contributed by atoms with Crippen LogP contribution in [-0.2, 0) is 25.3 Å². The maximum Gasteiger partial charge on any atom is 0.416 e. The number of amides is 3. The van der Waals surface area contributed by atoms with Crippen LogP contribution in [0.1, 0.15) is 36.2 Å². The predicted molar refractivity (Wildman–Crippen MR) is 133 cm³/mol. The van der Waals surface area contributed by atoms with Crippen LogP contribution < -0.4 is 16.0 Å². The first-order valence-electron chi connectivity index (χ1n) is 12.0. The molecule has 3 rings (SSSR count). The number of piperazine rings is 1. The van der Waals surface area contributed by atoms with Crippen LogP contribution in [0.5, 0.6) is 0 Å². The Kier molecular flexibility index (Phi) is 9.45. The molecule has 1 aliphatic rings. The molecule has 1 aliphatic heterocycles. The summed E-state index contributed by atoms with van der Waals surface area (Å²) in [7, 11) is 0. The molecule has 0 aromatic heterocycles. The van der Waals surface area contributed by atoms with Gasteiger partial charge in [-0.25, -0.2) is 0 Å². The summed E-state index contributed by atoms with van der Waals surface area (Å²) in [6.07, 6.45) is -4.75. The Morgan fingerprint density at radius 2 is 1.76 bits per heavy atom. The molecule has 38 heavy (non-hydrogen) atoms. The van der Waals surface area contributed by atoms with Crippen molar-refractivity contribution in [1.29, 1.82) is 0 Å². The van der Waals surface area contributed by atoms with E-state index in [9.17, 15) is 32.3 Å². The predicted octanol–water partition coefficient (Wildman–Crippen LogP) is 3.29. The van der Waals surface area contributed by atoms with Gasteiger partial charge >= 0.3 is 12.1 Å². The first kappa shape index (κ1) is 28.6. The number of carbonyl (C=O) groups excluding carboxylic acids is 4. The average molecular weight is 535 g/mol. The highest BCUT2D eigenvalue weighted by Crippen LogP contribution is 2.30. The fourth-order valence-corrected chi connectivity index (χ4v) is 3.75. The minimum absolute atomic E-state index is 0.0272. The first-order valence-corrected chi connectivity index (χ1v) is 12.0. The summed E-state index contributed by atoms with van der Waals surface area (Å²) in [5, 5.41) is 7.74. The number of halogens is 3. The smallest absolute Gasteiger partial charge is 0.416 e. The zero-order chi connectivity index (χ0) is 27.9. The van der Waals surface area contributed by atoms with Crippen molar-refractivity contribution in [3.8, 4) is 0 Å². The molecule has 2 aromatic rings. The van der Waals surface area contributed by atoms with Crippen molar-refractivity contribution in [2.24, 2.45) is 5.92 Å². The lowest BCUT2D eigenvalue weighted by Crippen LogP contribution is -2.57. The summed E-state index contributed by atoms with van der Waals surface area (Å²) in [6.45, 7) is 4.49. The molecule has 1 saturated heterocycles. The number of nitrogens with zero attached hydrogens (tertiary/aromatic N) is 1. The molecule has 0 saturated carbocycles. The molecular formula is C26H29F3N4O5. The standard InChI is InChI=1S/C26H29F3N4O5/c1-16(2)15-38-23(35)13-21-25(37)30-9-10-33(21)14-22(34)31-19-7-3-5-17(11-19)24(36)32-20-8-4-6-18(12-20)26(27,28)29/h3-8,11-12,16,21H,9-10,13-15H2,1-2H3,(H,30,37)(H,31,34)(H,32,36). The average Bonchev–Trinajstić information content (AvgIpc) is 2.84. The summed E-state index contributed by atoms with van der Waals surface area (Å²) in [5.74, 6) is -1.91. The number of benzene rings is 2. The first-order chi connectivity index (χ1) is 17.9. The van der Waals surface area contributed by atoms with E-state index in [2.05, 4.69) is 16.0 Å². The number of rotatable bonds is 9. The molecule has 3 amide bonds. The quantitative estimate of drug-likeness (QED) is 0.425. The van der Waals surface area contributed by atoms with E-state index < -0.39 is 35.6 Å². The van der Waals surface area contributed by atoms with E-state index in [1.807, 2.05) is 13.8 Å². The Bertz CT molecular complexity index is 1190. The minimum atomic E-state index is -4.55. The van der Waals surface area contributed by atoms with Crippen molar-refractivity contribution < 1.29 is 37.1 Å². The number of anilines is 2. The number of hydrogen-bond donors (Lipinski definition) is 3. The van der Waals surface area contributed by atoms with Crippen LogP contribution in [0.3, 0.4) is 0 Å². The van der Waals surface area contributed by atoms with Crippen molar-refractivity contribution in [3.05, 3.63) is 59.7 Å². The lowest BCUT2D eigenvalue weighted by Gasteiger charge is -2.33. The van der Waals surface area contributed by atoms with Crippen molar-refractivity contribution >= 4 is 35.1 Å². The molecule has 9 nitrogen and oxygen atoms in total. The molecular weight excluding hydrogens is 505 g/mol. The number of alkyl halides is 3. The molecule has 1 unspecified atom stereocenters. The lowest BCUT2D eigenvalue weighted by molar-refractivity contribution is -0.149. The molecule has 0 spiro atoms. The van der Waals surface area contributed by atoms with E-state index in [4.69, 9.17) is 4.74 Å². The number of hydrogen-bond acceptors (Lipinski definition) is 6. The minimum Gasteiger partial charge on any atom is -0.465 e. The maximum absolute atomic E-state index is 12.9. The van der Waals surface area contributed by atoms with Gasteiger partial charge in [0.25, 0.3) is 5.91 Å². The molecule has 12 heteroatoms. The van der Waals surface area contributed by atoms with Gasteiger partial charge in [-0.3, -0.25) is 24.1 Å². The molecule has 3 N–H and O–H groups in total. The Balaban J connectivity index is 1.61. The van der Waals surface area contributed by atoms with E-state index in [1.165, 1.54) is 30.3 Å². The monoisotopic (exact) mass is 534 g/mol. The second-order valence-electron chi connectivity index (χ2n) is 9.22. The van der Waals surface area contributed by atoms with Crippen LogP contribution in [0.25, 0.3) is 0 Å².